The SMILES string of the molecule is CC(C)=CCC/C(C)=C/CNC(=O)OCCS(C)(=O)=O. The Morgan fingerprint density at radius 1 is 1.20 bits per heavy atom. The van der Waals surface area contributed by atoms with Crippen LogP contribution in [0.1, 0.15) is 33.6 Å². The number of carbonyl (C=O) groups is 1. The summed E-state index contributed by atoms with van der Waals surface area (Å²) in [6.45, 7) is 6.40. The van der Waals surface area contributed by atoms with E-state index in [1.165, 1.54) is 11.1 Å². The summed E-state index contributed by atoms with van der Waals surface area (Å²) in [7, 11) is -3.09. The second kappa shape index (κ2) is 9.58. The Bertz CT molecular complexity index is 460. The zero-order valence-corrected chi connectivity index (χ0v) is 13.5. The van der Waals surface area contributed by atoms with Crippen LogP contribution in [0.15, 0.2) is 23.3 Å². The number of nitrogens with one attached hydrogen (secondary N) is 1. The average Bonchev–Trinajstić information content (AvgIpc) is 2.26. The smallest absolute Gasteiger partial charge is 0.407 e. The van der Waals surface area contributed by atoms with Crippen LogP contribution >= 0.6 is 0 Å². The standard InChI is InChI=1S/C14H25NO4S/c1-12(2)6-5-7-13(3)8-9-15-14(16)19-10-11-20(4,17)18/h6,8H,5,7,9-11H2,1-4H3,(H,15,16)/b13-8+. The first-order valence-corrected chi connectivity index (χ1v) is 8.64. The van der Waals surface area contributed by atoms with E-state index < -0.39 is 15.9 Å². The molecule has 0 aliphatic heterocycles. The van der Waals surface area contributed by atoms with Crippen molar-refractivity contribution < 1.29 is 17.9 Å². The summed E-state index contributed by atoms with van der Waals surface area (Å²) in [4.78, 5) is 11.2. The van der Waals surface area contributed by atoms with Crippen molar-refractivity contribution in [2.75, 3.05) is 25.2 Å². The molecule has 0 aromatic carbocycles. The lowest BCUT2D eigenvalue weighted by Gasteiger charge is -2.05. The zero-order valence-electron chi connectivity index (χ0n) is 12.7. The molecule has 6 heteroatoms. The molecule has 116 valence electrons. The summed E-state index contributed by atoms with van der Waals surface area (Å²) in [5, 5.41) is 2.55. The average molecular weight is 303 g/mol. The fourth-order valence-corrected chi connectivity index (χ4v) is 1.72. The zero-order chi connectivity index (χ0) is 15.6. The molecule has 5 nitrogen and oxygen atoms in total. The molecule has 0 unspecified atom stereocenters. The third kappa shape index (κ3) is 13.1. The Kier molecular flexibility index (Phi) is 8.96. The predicted molar refractivity (Wildman–Crippen MR) is 81.5 cm³/mol. The maximum atomic E-state index is 11.2. The molecule has 0 aliphatic rings. The van der Waals surface area contributed by atoms with E-state index in [0.717, 1.165) is 19.1 Å². The highest BCUT2D eigenvalue weighted by Crippen LogP contribution is 2.05. The fourth-order valence-electron chi connectivity index (χ4n) is 1.34. The van der Waals surface area contributed by atoms with Crippen LogP contribution in [-0.2, 0) is 14.6 Å². The molecule has 0 rings (SSSR count). The number of hydrogen-bond acceptors (Lipinski definition) is 4. The number of allylic oxidation sites excluding steroid dienone is 3. The molecule has 0 heterocycles. The van der Waals surface area contributed by atoms with Gasteiger partial charge in [0.2, 0.25) is 0 Å². The van der Waals surface area contributed by atoms with E-state index in [-0.39, 0.29) is 12.4 Å². The van der Waals surface area contributed by atoms with E-state index in [2.05, 4.69) is 25.2 Å². The van der Waals surface area contributed by atoms with Gasteiger partial charge >= 0.3 is 6.09 Å². The highest BCUT2D eigenvalue weighted by atomic mass is 32.2. The lowest BCUT2D eigenvalue weighted by molar-refractivity contribution is 0.154. The van der Waals surface area contributed by atoms with Gasteiger partial charge in [0.15, 0.2) is 9.84 Å². The van der Waals surface area contributed by atoms with Gasteiger partial charge < -0.3 is 10.1 Å². The summed E-state index contributed by atoms with van der Waals surface area (Å²) in [5.74, 6) is -0.155. The quantitative estimate of drug-likeness (QED) is 0.699. The molecular weight excluding hydrogens is 278 g/mol. The minimum Gasteiger partial charge on any atom is -0.448 e. The number of rotatable bonds is 8. The molecule has 0 aromatic rings. The Hall–Kier alpha value is -1.30. The lowest BCUT2D eigenvalue weighted by atomic mass is 10.1. The molecule has 0 aromatic heterocycles. The van der Waals surface area contributed by atoms with Crippen molar-refractivity contribution in [3.8, 4) is 0 Å². The van der Waals surface area contributed by atoms with Gasteiger partial charge in [0, 0.05) is 12.8 Å². The highest BCUT2D eigenvalue weighted by Gasteiger charge is 2.05. The van der Waals surface area contributed by atoms with E-state index in [1.54, 1.807) is 0 Å². The number of sulfone groups is 1. The Balaban J connectivity index is 3.81. The number of hydrogen-bond donors (Lipinski definition) is 1. The van der Waals surface area contributed by atoms with Crippen molar-refractivity contribution in [3.05, 3.63) is 23.3 Å². The first-order valence-electron chi connectivity index (χ1n) is 6.58. The summed E-state index contributed by atoms with van der Waals surface area (Å²) in [5.41, 5.74) is 2.49. The van der Waals surface area contributed by atoms with Gasteiger partial charge in [0.1, 0.15) is 6.61 Å². The molecule has 1 amide bonds. The Labute approximate surface area is 122 Å². The minimum absolute atomic E-state index is 0.117. The van der Waals surface area contributed by atoms with Gasteiger partial charge in [-0.25, -0.2) is 13.2 Å². The second-order valence-corrected chi connectivity index (χ2v) is 7.28. The summed E-state index contributed by atoms with van der Waals surface area (Å²) in [6.07, 6.45) is 6.55. The van der Waals surface area contributed by atoms with Crippen LogP contribution in [0.2, 0.25) is 0 Å². The molecular formula is C14H25NO4S. The maximum Gasteiger partial charge on any atom is 0.407 e. The molecule has 0 radical (unpaired) electrons. The van der Waals surface area contributed by atoms with Crippen LogP contribution < -0.4 is 5.32 Å². The molecule has 0 atom stereocenters. The van der Waals surface area contributed by atoms with Gasteiger partial charge in [0.05, 0.1) is 5.75 Å². The van der Waals surface area contributed by atoms with Crippen molar-refractivity contribution in [1.82, 2.24) is 5.32 Å². The van der Waals surface area contributed by atoms with Crippen molar-refractivity contribution in [2.45, 2.75) is 33.6 Å². The minimum atomic E-state index is -3.09. The van der Waals surface area contributed by atoms with Gasteiger partial charge in [-0.1, -0.05) is 23.3 Å². The first kappa shape index (κ1) is 18.7. The largest absolute Gasteiger partial charge is 0.448 e. The van der Waals surface area contributed by atoms with Crippen molar-refractivity contribution in [1.29, 1.82) is 0 Å². The van der Waals surface area contributed by atoms with Gasteiger partial charge in [-0.15, -0.1) is 0 Å². The highest BCUT2D eigenvalue weighted by molar-refractivity contribution is 7.90. The van der Waals surface area contributed by atoms with Crippen molar-refractivity contribution in [2.24, 2.45) is 0 Å². The van der Waals surface area contributed by atoms with E-state index in [4.69, 9.17) is 4.74 Å². The van der Waals surface area contributed by atoms with E-state index in [9.17, 15) is 13.2 Å². The molecule has 0 bridgehead atoms. The third-order valence-electron chi connectivity index (χ3n) is 2.48. The fraction of sp³-hybridized carbons (Fsp3) is 0.643. The molecule has 0 fully saturated rings. The molecule has 0 spiro atoms. The summed E-state index contributed by atoms with van der Waals surface area (Å²) in [6, 6.07) is 0. The van der Waals surface area contributed by atoms with Crippen LogP contribution in [0.5, 0.6) is 0 Å². The van der Waals surface area contributed by atoms with Crippen LogP contribution in [0, 0.1) is 0 Å². The lowest BCUT2D eigenvalue weighted by Crippen LogP contribution is -2.26. The number of carbonyl (C=O) groups excluding carboxylic acids is 1. The Morgan fingerprint density at radius 3 is 2.40 bits per heavy atom. The third-order valence-corrected chi connectivity index (χ3v) is 3.38. The van der Waals surface area contributed by atoms with Gasteiger partial charge in [0.25, 0.3) is 0 Å². The molecule has 20 heavy (non-hydrogen) atoms. The van der Waals surface area contributed by atoms with Gasteiger partial charge in [-0.05, 0) is 33.6 Å². The van der Waals surface area contributed by atoms with Gasteiger partial charge in [-0.3, -0.25) is 0 Å². The maximum absolute atomic E-state index is 11.2. The van der Waals surface area contributed by atoms with Crippen molar-refractivity contribution >= 4 is 15.9 Å². The van der Waals surface area contributed by atoms with Gasteiger partial charge in [-0.2, -0.15) is 0 Å². The Morgan fingerprint density at radius 2 is 1.85 bits per heavy atom. The number of alkyl carbamates (subject to hydrolysis) is 1. The van der Waals surface area contributed by atoms with E-state index >= 15 is 0 Å². The molecule has 0 aliphatic carbocycles. The van der Waals surface area contributed by atoms with Crippen molar-refractivity contribution in [3.63, 3.8) is 0 Å². The molecule has 1 N–H and O–H groups in total. The molecule has 0 saturated heterocycles. The van der Waals surface area contributed by atoms with Crippen LogP contribution in [-0.4, -0.2) is 39.7 Å². The van der Waals surface area contributed by atoms with Crippen LogP contribution in [0.25, 0.3) is 0 Å². The summed E-state index contributed by atoms with van der Waals surface area (Å²) < 4.78 is 26.4. The second-order valence-electron chi connectivity index (χ2n) is 5.02. The first-order chi connectivity index (χ1) is 9.20. The van der Waals surface area contributed by atoms with E-state index in [1.807, 2.05) is 13.0 Å². The number of amides is 1. The van der Waals surface area contributed by atoms with E-state index in [0.29, 0.717) is 6.54 Å². The monoisotopic (exact) mass is 303 g/mol. The summed E-state index contributed by atoms with van der Waals surface area (Å²) >= 11 is 0. The van der Waals surface area contributed by atoms with Crippen LogP contribution in [0.4, 0.5) is 4.79 Å². The topological polar surface area (TPSA) is 72.5 Å². The normalized spacial score (nSPS) is 11.9. The van der Waals surface area contributed by atoms with Crippen LogP contribution in [0.3, 0.4) is 0 Å². The predicted octanol–water partition coefficient (Wildman–Crippen LogP) is 2.45. The molecule has 0 saturated carbocycles. The number of ether oxygens (including phenoxy) is 1.